The maximum absolute atomic E-state index is 2.28. The molecule has 0 unspecified atom stereocenters. The first kappa shape index (κ1) is 19.2. The summed E-state index contributed by atoms with van der Waals surface area (Å²) in [6, 6.07) is 21.1. The van der Waals surface area contributed by atoms with E-state index in [-0.39, 0.29) is 0 Å². The van der Waals surface area contributed by atoms with E-state index in [9.17, 15) is 0 Å². The van der Waals surface area contributed by atoms with Gasteiger partial charge in [-0.3, -0.25) is 0 Å². The number of benzene rings is 2. The highest BCUT2D eigenvalue weighted by Gasteiger charge is 2.02. The highest BCUT2D eigenvalue weighted by molar-refractivity contribution is 5.79. The van der Waals surface area contributed by atoms with Gasteiger partial charge in [0.15, 0.2) is 0 Å². The Morgan fingerprint density at radius 3 is 1.33 bits per heavy atom. The topological polar surface area (TPSA) is 0 Å². The van der Waals surface area contributed by atoms with Crippen LogP contribution in [-0.4, -0.2) is 0 Å². The molecule has 2 aromatic rings. The van der Waals surface area contributed by atoms with Gasteiger partial charge in [-0.25, -0.2) is 0 Å². The second-order valence-electron chi connectivity index (χ2n) is 4.47. The molecule has 0 spiro atoms. The van der Waals surface area contributed by atoms with Crippen molar-refractivity contribution < 1.29 is 0 Å². The third-order valence-corrected chi connectivity index (χ3v) is 2.58. The first-order chi connectivity index (χ1) is 10.3. The maximum Gasteiger partial charge on any atom is -0.0151 e. The summed E-state index contributed by atoms with van der Waals surface area (Å²) in [6.07, 6.45) is 4.59. The van der Waals surface area contributed by atoms with Crippen LogP contribution in [0.2, 0.25) is 0 Å². The lowest BCUT2D eigenvalue weighted by Crippen LogP contribution is -1.87. The fourth-order valence-corrected chi connectivity index (χ4v) is 1.84. The first-order valence-corrected chi connectivity index (χ1v) is 8.14. The molecule has 0 fully saturated rings. The van der Waals surface area contributed by atoms with Crippen LogP contribution in [0.1, 0.15) is 58.6 Å². The largest absolute Gasteiger partial charge is 0.0763 e. The van der Waals surface area contributed by atoms with E-state index < -0.39 is 0 Å². The van der Waals surface area contributed by atoms with Gasteiger partial charge in [-0.1, -0.05) is 108 Å². The van der Waals surface area contributed by atoms with Crippen LogP contribution in [0.3, 0.4) is 0 Å². The number of hydrogen-bond donors (Lipinski definition) is 0. The summed E-state index contributed by atoms with van der Waals surface area (Å²) in [5, 5.41) is 0. The second-order valence-corrected chi connectivity index (χ2v) is 4.47. The van der Waals surface area contributed by atoms with Crippen molar-refractivity contribution in [3.05, 3.63) is 77.9 Å². The average Bonchev–Trinajstić information content (AvgIpc) is 2.57. The van der Waals surface area contributed by atoms with Crippen molar-refractivity contribution >= 4 is 5.57 Å². The zero-order valence-electron chi connectivity index (χ0n) is 14.3. The van der Waals surface area contributed by atoms with Crippen molar-refractivity contribution in [2.24, 2.45) is 0 Å². The monoisotopic (exact) mass is 282 g/mol. The summed E-state index contributed by atoms with van der Waals surface area (Å²) in [7, 11) is 0. The lowest BCUT2D eigenvalue weighted by Gasteiger charge is -2.07. The zero-order valence-corrected chi connectivity index (χ0v) is 14.3. The van der Waals surface area contributed by atoms with E-state index in [2.05, 4.69) is 87.5 Å². The molecule has 0 heteroatoms. The van der Waals surface area contributed by atoms with Crippen LogP contribution in [0.5, 0.6) is 0 Å². The molecule has 0 aromatic heterocycles. The molecule has 0 nitrogen and oxygen atoms in total. The minimum absolute atomic E-state index is 1.05. The van der Waals surface area contributed by atoms with Crippen molar-refractivity contribution in [2.75, 3.05) is 0 Å². The van der Waals surface area contributed by atoms with Crippen LogP contribution in [0.25, 0.3) is 5.57 Å². The van der Waals surface area contributed by atoms with E-state index in [1.807, 2.05) is 13.8 Å². The smallest absolute Gasteiger partial charge is 0.0151 e. The molecule has 0 saturated carbocycles. The Labute approximate surface area is 131 Å². The van der Waals surface area contributed by atoms with Crippen molar-refractivity contribution in [1.29, 1.82) is 0 Å². The molecule has 0 aliphatic heterocycles. The van der Waals surface area contributed by atoms with Crippen molar-refractivity contribution in [3.8, 4) is 0 Å². The van der Waals surface area contributed by atoms with Gasteiger partial charge in [-0.2, -0.15) is 0 Å². The average molecular weight is 282 g/mol. The molecule has 0 atom stereocenters. The molecule has 0 aliphatic carbocycles. The fourth-order valence-electron chi connectivity index (χ4n) is 1.84. The summed E-state index contributed by atoms with van der Waals surface area (Å²) < 4.78 is 0. The second kappa shape index (κ2) is 13.2. The molecule has 0 saturated heterocycles. The van der Waals surface area contributed by atoms with Gasteiger partial charge in [-0.15, -0.1) is 0 Å². The predicted octanol–water partition coefficient (Wildman–Crippen LogP) is 6.97. The van der Waals surface area contributed by atoms with Crippen LogP contribution >= 0.6 is 0 Å². The van der Waals surface area contributed by atoms with Crippen molar-refractivity contribution in [3.63, 3.8) is 0 Å². The molecule has 0 amide bonds. The molecule has 0 aliphatic rings. The van der Waals surface area contributed by atoms with Gasteiger partial charge in [0.25, 0.3) is 0 Å². The Kier molecular flexibility index (Phi) is 12.0. The van der Waals surface area contributed by atoms with E-state index in [1.165, 1.54) is 23.1 Å². The third-order valence-electron chi connectivity index (χ3n) is 2.58. The fraction of sp³-hybridized carbons (Fsp3) is 0.333. The Morgan fingerprint density at radius 2 is 1.05 bits per heavy atom. The number of allylic oxidation sites excluding steroid dienone is 1. The van der Waals surface area contributed by atoms with Gasteiger partial charge in [0.05, 0.1) is 0 Å². The summed E-state index contributed by atoms with van der Waals surface area (Å²) in [4.78, 5) is 0. The summed E-state index contributed by atoms with van der Waals surface area (Å²) in [5.41, 5.74) is 3.90. The normalized spacial score (nSPS) is 8.62. The molecule has 2 rings (SSSR count). The van der Waals surface area contributed by atoms with E-state index >= 15 is 0 Å². The molecule has 0 radical (unpaired) electrons. The lowest BCUT2D eigenvalue weighted by molar-refractivity contribution is 1.09. The minimum atomic E-state index is 1.05. The standard InChI is InChI=1S/C16H16.C3H8.C2H6/c1-2-9-16(14-10-5-3-6-11-14)15-12-7-4-8-13-15;1-3-2;1-2/h3-13H,2H2,1H3;3H2,1-2H3;1-2H3. The molecule has 0 N–H and O–H groups in total. The van der Waals surface area contributed by atoms with Gasteiger partial charge in [0.2, 0.25) is 0 Å². The van der Waals surface area contributed by atoms with E-state index in [0.29, 0.717) is 0 Å². The minimum Gasteiger partial charge on any atom is -0.0763 e. The van der Waals surface area contributed by atoms with Gasteiger partial charge in [0.1, 0.15) is 0 Å². The van der Waals surface area contributed by atoms with Gasteiger partial charge in [0, 0.05) is 0 Å². The Bertz CT molecular complexity index is 424. The van der Waals surface area contributed by atoms with Gasteiger partial charge in [-0.05, 0) is 23.1 Å². The molecule has 21 heavy (non-hydrogen) atoms. The Morgan fingerprint density at radius 1 is 0.714 bits per heavy atom. The number of hydrogen-bond acceptors (Lipinski definition) is 0. The Balaban J connectivity index is 0.000000713. The summed E-state index contributed by atoms with van der Waals surface area (Å²) in [6.45, 7) is 10.4. The van der Waals surface area contributed by atoms with Crippen LogP contribution < -0.4 is 0 Å². The summed E-state index contributed by atoms with van der Waals surface area (Å²) >= 11 is 0. The van der Waals surface area contributed by atoms with Crippen LogP contribution in [0.15, 0.2) is 66.7 Å². The van der Waals surface area contributed by atoms with Gasteiger partial charge < -0.3 is 0 Å². The van der Waals surface area contributed by atoms with Crippen molar-refractivity contribution in [1.82, 2.24) is 0 Å². The quantitative estimate of drug-likeness (QED) is 0.570. The maximum atomic E-state index is 2.28. The molecule has 114 valence electrons. The number of rotatable bonds is 3. The lowest BCUT2D eigenvalue weighted by atomic mass is 9.97. The molecular weight excluding hydrogens is 252 g/mol. The molecule has 0 bridgehead atoms. The first-order valence-electron chi connectivity index (χ1n) is 8.14. The van der Waals surface area contributed by atoms with E-state index in [0.717, 1.165) is 6.42 Å². The van der Waals surface area contributed by atoms with E-state index in [4.69, 9.17) is 0 Å². The molecule has 2 aromatic carbocycles. The third kappa shape index (κ3) is 7.51. The van der Waals surface area contributed by atoms with Crippen LogP contribution in [-0.2, 0) is 0 Å². The molecule has 0 heterocycles. The van der Waals surface area contributed by atoms with Crippen molar-refractivity contribution in [2.45, 2.75) is 47.5 Å². The molecular formula is C21H30. The van der Waals surface area contributed by atoms with Gasteiger partial charge >= 0.3 is 0 Å². The SMILES string of the molecule is CC.CCC.CCC=C(c1ccccc1)c1ccccc1. The highest BCUT2D eigenvalue weighted by atomic mass is 14.1. The summed E-state index contributed by atoms with van der Waals surface area (Å²) in [5.74, 6) is 0. The van der Waals surface area contributed by atoms with Crippen LogP contribution in [0, 0.1) is 0 Å². The van der Waals surface area contributed by atoms with Crippen LogP contribution in [0.4, 0.5) is 0 Å². The highest BCUT2D eigenvalue weighted by Crippen LogP contribution is 2.23. The predicted molar refractivity (Wildman–Crippen MR) is 97.6 cm³/mol. The zero-order chi connectivity index (χ0) is 15.9. The van der Waals surface area contributed by atoms with E-state index in [1.54, 1.807) is 0 Å². The Hall–Kier alpha value is -1.82.